The predicted molar refractivity (Wildman–Crippen MR) is 99.4 cm³/mol. The van der Waals surface area contributed by atoms with Crippen molar-refractivity contribution >= 4 is 29.3 Å². The third-order valence-electron chi connectivity index (χ3n) is 4.32. The number of rotatable bonds is 4. The number of nitrogens with one attached hydrogen (secondary N) is 1. The molecule has 1 heterocycles. The lowest BCUT2D eigenvalue weighted by atomic mass is 10.1. The van der Waals surface area contributed by atoms with Gasteiger partial charge in [-0.05, 0) is 43.2 Å². The predicted octanol–water partition coefficient (Wildman–Crippen LogP) is 3.88. The topological polar surface area (TPSA) is 49.4 Å². The lowest BCUT2D eigenvalue weighted by Gasteiger charge is -2.22. The van der Waals surface area contributed by atoms with Crippen LogP contribution in [0.2, 0.25) is 0 Å². The van der Waals surface area contributed by atoms with Gasteiger partial charge in [-0.25, -0.2) is 0 Å². The number of carbonyl (C=O) groups excluding carboxylic acids is 2. The van der Waals surface area contributed by atoms with E-state index in [0.717, 1.165) is 28.3 Å². The Morgan fingerprint density at radius 1 is 1.24 bits per heavy atom. The molecule has 0 unspecified atom stereocenters. The molecule has 126 valence electrons. The number of anilines is 1. The fourth-order valence-corrected chi connectivity index (χ4v) is 3.93. The van der Waals surface area contributed by atoms with Crippen molar-refractivity contribution in [3.05, 3.63) is 66.2 Å². The van der Waals surface area contributed by atoms with E-state index in [2.05, 4.69) is 11.9 Å². The highest BCUT2D eigenvalue weighted by molar-refractivity contribution is 7.99. The van der Waals surface area contributed by atoms with Gasteiger partial charge in [-0.15, -0.1) is 6.58 Å². The van der Waals surface area contributed by atoms with Gasteiger partial charge in [0.2, 0.25) is 0 Å². The molecule has 0 saturated heterocycles. The van der Waals surface area contributed by atoms with Crippen molar-refractivity contribution in [3.8, 4) is 0 Å². The Bertz CT molecular complexity index is 874. The zero-order chi connectivity index (χ0) is 17.4. The lowest BCUT2D eigenvalue weighted by Crippen LogP contribution is -2.31. The molecule has 5 heteroatoms. The van der Waals surface area contributed by atoms with Gasteiger partial charge in [0, 0.05) is 27.9 Å². The Hall–Kier alpha value is -2.53. The normalized spacial score (nSPS) is 15.8. The van der Waals surface area contributed by atoms with Crippen molar-refractivity contribution in [1.82, 2.24) is 5.32 Å². The van der Waals surface area contributed by atoms with E-state index in [1.54, 1.807) is 22.7 Å². The maximum Gasteiger partial charge on any atom is 0.259 e. The van der Waals surface area contributed by atoms with Crippen LogP contribution in [0.1, 0.15) is 33.6 Å². The number of amides is 2. The van der Waals surface area contributed by atoms with E-state index >= 15 is 0 Å². The number of benzene rings is 2. The number of hydrogen-bond acceptors (Lipinski definition) is 3. The Morgan fingerprint density at radius 2 is 2.04 bits per heavy atom. The second-order valence-corrected chi connectivity index (χ2v) is 7.32. The average Bonchev–Trinajstić information content (AvgIpc) is 3.44. The van der Waals surface area contributed by atoms with Crippen LogP contribution in [0.3, 0.4) is 0 Å². The minimum atomic E-state index is -0.0805. The van der Waals surface area contributed by atoms with Crippen molar-refractivity contribution in [2.75, 3.05) is 11.4 Å². The molecule has 25 heavy (non-hydrogen) atoms. The first-order valence-electron chi connectivity index (χ1n) is 8.32. The summed E-state index contributed by atoms with van der Waals surface area (Å²) < 4.78 is 0. The highest BCUT2D eigenvalue weighted by atomic mass is 32.2. The molecule has 0 radical (unpaired) electrons. The third-order valence-corrected chi connectivity index (χ3v) is 5.46. The van der Waals surface area contributed by atoms with Crippen LogP contribution in [0.4, 0.5) is 5.69 Å². The number of fused-ring (bicyclic) bond motifs is 2. The van der Waals surface area contributed by atoms with Crippen molar-refractivity contribution < 1.29 is 9.59 Å². The molecule has 4 rings (SSSR count). The van der Waals surface area contributed by atoms with E-state index in [1.165, 1.54) is 0 Å². The van der Waals surface area contributed by atoms with Crippen LogP contribution < -0.4 is 10.2 Å². The quantitative estimate of drug-likeness (QED) is 0.852. The van der Waals surface area contributed by atoms with E-state index in [-0.39, 0.29) is 11.8 Å². The van der Waals surface area contributed by atoms with E-state index in [4.69, 9.17) is 0 Å². The zero-order valence-corrected chi connectivity index (χ0v) is 14.5. The molecule has 1 aliphatic heterocycles. The SMILES string of the molecule is C=CCN1C(=O)c2ccccc2Sc2ccc(C(=O)NC3CC3)cc21. The average molecular weight is 350 g/mol. The van der Waals surface area contributed by atoms with Crippen molar-refractivity contribution in [2.45, 2.75) is 28.7 Å². The molecule has 1 N–H and O–H groups in total. The van der Waals surface area contributed by atoms with Crippen molar-refractivity contribution in [2.24, 2.45) is 0 Å². The summed E-state index contributed by atoms with van der Waals surface area (Å²) in [5, 5.41) is 3.00. The largest absolute Gasteiger partial charge is 0.349 e. The van der Waals surface area contributed by atoms with Gasteiger partial charge in [-0.1, -0.05) is 30.0 Å². The third kappa shape index (κ3) is 3.07. The summed E-state index contributed by atoms with van der Waals surface area (Å²) in [6.45, 7) is 4.17. The molecule has 4 nitrogen and oxygen atoms in total. The molecule has 1 fully saturated rings. The second-order valence-electron chi connectivity index (χ2n) is 6.23. The fraction of sp³-hybridized carbons (Fsp3) is 0.200. The standard InChI is InChI=1S/C20H18N2O2S/c1-2-11-22-16-12-13(19(23)21-14-8-9-14)7-10-18(16)25-17-6-4-3-5-15(17)20(22)24/h2-7,10,12,14H,1,8-9,11H2,(H,21,23). The summed E-state index contributed by atoms with van der Waals surface area (Å²) in [4.78, 5) is 29.0. The number of nitrogens with zero attached hydrogens (tertiary/aromatic N) is 1. The van der Waals surface area contributed by atoms with Crippen LogP contribution in [0, 0.1) is 0 Å². The van der Waals surface area contributed by atoms with Crippen LogP contribution in [-0.4, -0.2) is 24.4 Å². The molecule has 2 aromatic rings. The molecule has 1 aliphatic carbocycles. The van der Waals surface area contributed by atoms with E-state index < -0.39 is 0 Å². The second kappa shape index (κ2) is 6.41. The number of carbonyl (C=O) groups is 2. The van der Waals surface area contributed by atoms with Gasteiger partial charge in [0.15, 0.2) is 0 Å². The molecule has 2 aliphatic rings. The van der Waals surface area contributed by atoms with Gasteiger partial charge in [0.05, 0.1) is 11.3 Å². The number of hydrogen-bond donors (Lipinski definition) is 1. The maximum atomic E-state index is 13.0. The highest BCUT2D eigenvalue weighted by Gasteiger charge is 2.28. The van der Waals surface area contributed by atoms with Gasteiger partial charge >= 0.3 is 0 Å². The lowest BCUT2D eigenvalue weighted by molar-refractivity contribution is 0.0948. The van der Waals surface area contributed by atoms with Crippen molar-refractivity contribution in [1.29, 1.82) is 0 Å². The van der Waals surface area contributed by atoms with Gasteiger partial charge in [0.1, 0.15) is 0 Å². The first-order valence-corrected chi connectivity index (χ1v) is 9.13. The molecular weight excluding hydrogens is 332 g/mol. The summed E-state index contributed by atoms with van der Waals surface area (Å²) in [6.07, 6.45) is 3.79. The summed E-state index contributed by atoms with van der Waals surface area (Å²) >= 11 is 1.55. The van der Waals surface area contributed by atoms with Crippen LogP contribution >= 0.6 is 11.8 Å². The molecule has 2 aromatic carbocycles. The summed E-state index contributed by atoms with van der Waals surface area (Å²) in [6, 6.07) is 13.5. The van der Waals surface area contributed by atoms with E-state index in [9.17, 15) is 9.59 Å². The molecule has 1 saturated carbocycles. The van der Waals surface area contributed by atoms with Crippen LogP contribution in [0.25, 0.3) is 0 Å². The van der Waals surface area contributed by atoms with Crippen LogP contribution in [-0.2, 0) is 0 Å². The minimum Gasteiger partial charge on any atom is -0.349 e. The van der Waals surface area contributed by atoms with E-state index in [1.807, 2.05) is 42.5 Å². The summed E-state index contributed by atoms with van der Waals surface area (Å²) in [7, 11) is 0. The molecule has 0 aromatic heterocycles. The van der Waals surface area contributed by atoms with Crippen LogP contribution in [0.5, 0.6) is 0 Å². The van der Waals surface area contributed by atoms with E-state index in [0.29, 0.717) is 23.7 Å². The monoisotopic (exact) mass is 350 g/mol. The van der Waals surface area contributed by atoms with Crippen LogP contribution in [0.15, 0.2) is 64.9 Å². The molecule has 2 amide bonds. The fourth-order valence-electron chi connectivity index (χ4n) is 2.87. The maximum absolute atomic E-state index is 13.0. The van der Waals surface area contributed by atoms with Gasteiger partial charge in [0.25, 0.3) is 11.8 Å². The minimum absolute atomic E-state index is 0.0681. The Morgan fingerprint density at radius 3 is 2.80 bits per heavy atom. The Labute approximate surface area is 150 Å². The first-order chi connectivity index (χ1) is 12.2. The molecular formula is C20H18N2O2S. The Kier molecular flexibility index (Phi) is 4.09. The van der Waals surface area contributed by atoms with Gasteiger partial charge < -0.3 is 10.2 Å². The molecule has 0 atom stereocenters. The zero-order valence-electron chi connectivity index (χ0n) is 13.7. The highest BCUT2D eigenvalue weighted by Crippen LogP contribution is 2.41. The van der Waals surface area contributed by atoms with Crippen molar-refractivity contribution in [3.63, 3.8) is 0 Å². The first kappa shape index (κ1) is 16.0. The molecule has 0 spiro atoms. The molecule has 0 bridgehead atoms. The van der Waals surface area contributed by atoms with Gasteiger partial charge in [-0.3, -0.25) is 9.59 Å². The van der Waals surface area contributed by atoms with Gasteiger partial charge in [-0.2, -0.15) is 0 Å². The summed E-state index contributed by atoms with van der Waals surface area (Å²) in [5.41, 5.74) is 2.02. The summed E-state index contributed by atoms with van der Waals surface area (Å²) in [5.74, 6) is -0.149. The smallest absolute Gasteiger partial charge is 0.259 e. The Balaban J connectivity index is 1.78.